The Bertz CT molecular complexity index is 97.2. The van der Waals surface area contributed by atoms with Crippen LogP contribution >= 0.6 is 11.8 Å². The van der Waals surface area contributed by atoms with Crippen molar-refractivity contribution in [3.63, 3.8) is 0 Å². The van der Waals surface area contributed by atoms with Crippen LogP contribution in [0.1, 0.15) is 0 Å². The van der Waals surface area contributed by atoms with Gasteiger partial charge in [0.15, 0.2) is 0 Å². The maximum absolute atomic E-state index is 5.00. The minimum absolute atomic E-state index is 0.868. The highest BCUT2D eigenvalue weighted by molar-refractivity contribution is 7.98. The molecule has 0 spiro atoms. The largest absolute Gasteiger partial charge is 0.160 e. The molecule has 0 nitrogen and oxygen atoms in total. The van der Waals surface area contributed by atoms with E-state index < -0.39 is 0 Å². The van der Waals surface area contributed by atoms with Crippen molar-refractivity contribution in [2.75, 3.05) is 12.0 Å². The molecule has 0 saturated carbocycles. The maximum atomic E-state index is 5.00. The topological polar surface area (TPSA) is 0 Å². The molecule has 0 radical (unpaired) electrons. The van der Waals surface area contributed by atoms with Gasteiger partial charge in [0.2, 0.25) is 0 Å². The van der Waals surface area contributed by atoms with E-state index in [4.69, 9.17) is 6.42 Å². The monoisotopic (exact) mass is 112 g/mol. The summed E-state index contributed by atoms with van der Waals surface area (Å²) in [5, 5.41) is 0. The van der Waals surface area contributed by atoms with Crippen LogP contribution in [0, 0.1) is 12.3 Å². The second-order valence-electron chi connectivity index (χ2n) is 1.18. The number of terminal acetylenes is 1. The van der Waals surface area contributed by atoms with Crippen LogP contribution in [0.15, 0.2) is 12.2 Å². The molecule has 0 aromatic rings. The van der Waals surface area contributed by atoms with Gasteiger partial charge in [0.05, 0.1) is 0 Å². The van der Waals surface area contributed by atoms with Gasteiger partial charge in [-0.15, -0.1) is 6.42 Å². The summed E-state index contributed by atoms with van der Waals surface area (Å²) in [4.78, 5) is 0. The quantitative estimate of drug-likeness (QED) is 0.488. The maximum Gasteiger partial charge on any atom is 0.0255 e. The summed E-state index contributed by atoms with van der Waals surface area (Å²) in [6.45, 7) is 3.61. The first-order valence-corrected chi connectivity index (χ1v) is 3.34. The molecular weight excluding hydrogens is 104 g/mol. The van der Waals surface area contributed by atoms with Gasteiger partial charge in [0.1, 0.15) is 0 Å². The molecular formula is C6H8S. The van der Waals surface area contributed by atoms with Crippen molar-refractivity contribution < 1.29 is 0 Å². The molecule has 0 aromatic carbocycles. The van der Waals surface area contributed by atoms with E-state index in [0.29, 0.717) is 0 Å². The molecule has 0 aliphatic heterocycles. The number of thioether (sulfide) groups is 1. The van der Waals surface area contributed by atoms with Crippen molar-refractivity contribution in [2.45, 2.75) is 0 Å². The van der Waals surface area contributed by atoms with Gasteiger partial charge in [-0.1, -0.05) is 12.5 Å². The second kappa shape index (κ2) is 3.83. The van der Waals surface area contributed by atoms with Gasteiger partial charge in [0.25, 0.3) is 0 Å². The summed E-state index contributed by atoms with van der Waals surface area (Å²) in [7, 11) is 0. The molecule has 0 saturated heterocycles. The lowest BCUT2D eigenvalue weighted by Gasteiger charge is -1.87. The van der Waals surface area contributed by atoms with Gasteiger partial charge in [-0.2, -0.15) is 11.8 Å². The van der Waals surface area contributed by atoms with Crippen molar-refractivity contribution in [2.24, 2.45) is 0 Å². The zero-order valence-corrected chi connectivity index (χ0v) is 5.22. The Hall–Kier alpha value is -0.350. The number of hydrogen-bond donors (Lipinski definition) is 0. The average Bonchev–Trinajstić information content (AvgIpc) is 1.68. The summed E-state index contributed by atoms with van der Waals surface area (Å²) >= 11 is 1.69. The standard InChI is InChI=1S/C6H8S/c1-4-6(2)5-7-3/h1H,2,5H2,3H3. The Morgan fingerprint density at radius 2 is 2.57 bits per heavy atom. The fourth-order valence-electron chi connectivity index (χ4n) is 0.216. The molecule has 0 N–H and O–H groups in total. The van der Waals surface area contributed by atoms with Gasteiger partial charge >= 0.3 is 0 Å². The zero-order valence-electron chi connectivity index (χ0n) is 4.40. The molecule has 38 valence electrons. The lowest BCUT2D eigenvalue weighted by molar-refractivity contribution is 1.65. The van der Waals surface area contributed by atoms with Crippen LogP contribution in [0.5, 0.6) is 0 Å². The van der Waals surface area contributed by atoms with Crippen LogP contribution in [0.3, 0.4) is 0 Å². The number of rotatable bonds is 2. The van der Waals surface area contributed by atoms with Gasteiger partial charge < -0.3 is 0 Å². The van der Waals surface area contributed by atoms with E-state index in [1.54, 1.807) is 11.8 Å². The summed E-state index contributed by atoms with van der Waals surface area (Å²) < 4.78 is 0. The molecule has 7 heavy (non-hydrogen) atoms. The van der Waals surface area contributed by atoms with Crippen molar-refractivity contribution in [1.29, 1.82) is 0 Å². The Balaban J connectivity index is 3.24. The first-order chi connectivity index (χ1) is 3.31. The first kappa shape index (κ1) is 6.65. The van der Waals surface area contributed by atoms with E-state index in [2.05, 4.69) is 12.5 Å². The van der Waals surface area contributed by atoms with Crippen molar-refractivity contribution in [3.05, 3.63) is 12.2 Å². The van der Waals surface area contributed by atoms with E-state index in [1.165, 1.54) is 0 Å². The highest BCUT2D eigenvalue weighted by atomic mass is 32.2. The van der Waals surface area contributed by atoms with Crippen molar-refractivity contribution in [3.8, 4) is 12.3 Å². The fourth-order valence-corrected chi connectivity index (χ4v) is 0.648. The molecule has 0 aliphatic rings. The Kier molecular flexibility index (Phi) is 3.64. The highest BCUT2D eigenvalue weighted by Gasteiger charge is 1.80. The van der Waals surface area contributed by atoms with Crippen molar-refractivity contribution in [1.82, 2.24) is 0 Å². The molecule has 0 unspecified atom stereocenters. The molecule has 1 heteroatoms. The van der Waals surface area contributed by atoms with Gasteiger partial charge in [-0.3, -0.25) is 0 Å². The third-order valence-electron chi connectivity index (χ3n) is 0.523. The minimum atomic E-state index is 0.868. The molecule has 0 amide bonds. The van der Waals surface area contributed by atoms with Gasteiger partial charge in [-0.25, -0.2) is 0 Å². The third kappa shape index (κ3) is 3.48. The summed E-state index contributed by atoms with van der Waals surface area (Å²) in [5.41, 5.74) is 0.868. The molecule has 0 rings (SSSR count). The Labute approximate surface area is 49.0 Å². The van der Waals surface area contributed by atoms with E-state index >= 15 is 0 Å². The Morgan fingerprint density at radius 3 is 2.71 bits per heavy atom. The molecule has 0 aromatic heterocycles. The van der Waals surface area contributed by atoms with Crippen LogP contribution in [-0.4, -0.2) is 12.0 Å². The normalized spacial score (nSPS) is 7.43. The van der Waals surface area contributed by atoms with Crippen LogP contribution < -0.4 is 0 Å². The SMILES string of the molecule is C#CC(=C)CSC. The predicted molar refractivity (Wildman–Crippen MR) is 36.4 cm³/mol. The lowest BCUT2D eigenvalue weighted by Crippen LogP contribution is -1.76. The summed E-state index contributed by atoms with van der Waals surface area (Å²) in [6.07, 6.45) is 7.00. The van der Waals surface area contributed by atoms with Gasteiger partial charge in [-0.05, 0) is 6.26 Å². The van der Waals surface area contributed by atoms with Crippen LogP contribution in [0.2, 0.25) is 0 Å². The van der Waals surface area contributed by atoms with Crippen LogP contribution in [0.4, 0.5) is 0 Å². The lowest BCUT2D eigenvalue weighted by atomic mass is 10.4. The molecule has 0 fully saturated rings. The zero-order chi connectivity index (χ0) is 5.70. The Morgan fingerprint density at radius 1 is 2.00 bits per heavy atom. The average molecular weight is 112 g/mol. The molecule has 0 aliphatic carbocycles. The van der Waals surface area contributed by atoms with Crippen molar-refractivity contribution >= 4 is 11.8 Å². The van der Waals surface area contributed by atoms with Crippen LogP contribution in [0.25, 0.3) is 0 Å². The second-order valence-corrected chi connectivity index (χ2v) is 2.05. The molecule has 0 bridgehead atoms. The third-order valence-corrected chi connectivity index (χ3v) is 1.16. The number of hydrogen-bond acceptors (Lipinski definition) is 1. The first-order valence-electron chi connectivity index (χ1n) is 1.94. The van der Waals surface area contributed by atoms with Crippen LogP contribution in [-0.2, 0) is 0 Å². The fraction of sp³-hybridized carbons (Fsp3) is 0.333. The molecule has 0 atom stereocenters. The van der Waals surface area contributed by atoms with E-state index in [0.717, 1.165) is 11.3 Å². The summed E-state index contributed by atoms with van der Waals surface area (Å²) in [6, 6.07) is 0. The van der Waals surface area contributed by atoms with Gasteiger partial charge in [0, 0.05) is 11.3 Å². The van der Waals surface area contributed by atoms with E-state index in [-0.39, 0.29) is 0 Å². The highest BCUT2D eigenvalue weighted by Crippen LogP contribution is 1.97. The molecule has 0 heterocycles. The van der Waals surface area contributed by atoms with E-state index in [1.807, 2.05) is 6.26 Å². The predicted octanol–water partition coefficient (Wildman–Crippen LogP) is 1.54. The summed E-state index contributed by atoms with van der Waals surface area (Å²) in [5.74, 6) is 3.34. The van der Waals surface area contributed by atoms with E-state index in [9.17, 15) is 0 Å². The minimum Gasteiger partial charge on any atom is -0.160 e. The smallest absolute Gasteiger partial charge is 0.0255 e.